The van der Waals surface area contributed by atoms with Crippen molar-refractivity contribution in [2.75, 3.05) is 13.7 Å². The summed E-state index contributed by atoms with van der Waals surface area (Å²) >= 11 is 9.47. The molecule has 124 valence electrons. The monoisotopic (exact) mass is 407 g/mol. The molecular weight excluding hydrogens is 394 g/mol. The van der Waals surface area contributed by atoms with Gasteiger partial charge in [-0.3, -0.25) is 0 Å². The maximum absolute atomic E-state index is 5.96. The highest BCUT2D eigenvalue weighted by Gasteiger charge is 2.10. The van der Waals surface area contributed by atoms with Crippen LogP contribution in [0.25, 0.3) is 23.3 Å². The molecule has 0 aliphatic rings. The molecule has 1 heterocycles. The summed E-state index contributed by atoms with van der Waals surface area (Å²) in [6.07, 6.45) is 3.70. The molecule has 3 rings (SSSR count). The van der Waals surface area contributed by atoms with Gasteiger partial charge in [0, 0.05) is 11.1 Å². The Labute approximate surface area is 153 Å². The second-order valence-corrected chi connectivity index (χ2v) is 6.26. The molecule has 3 aromatic rings. The lowest BCUT2D eigenvalue weighted by Crippen LogP contribution is -1.96. The Kier molecular flexibility index (Phi) is 5.11. The molecule has 0 saturated heterocycles. The third-order valence-electron chi connectivity index (χ3n) is 3.32. The van der Waals surface area contributed by atoms with Gasteiger partial charge in [-0.25, -0.2) is 4.98 Å². The number of ether oxygens (including phenoxy) is 2. The molecular formula is C18H15BrClNO3. The van der Waals surface area contributed by atoms with Crippen molar-refractivity contribution in [3.63, 3.8) is 0 Å². The summed E-state index contributed by atoms with van der Waals surface area (Å²) in [6.45, 7) is 2.49. The molecule has 0 spiro atoms. The van der Waals surface area contributed by atoms with E-state index in [9.17, 15) is 0 Å². The first-order chi connectivity index (χ1) is 11.6. The number of hydrogen-bond acceptors (Lipinski definition) is 4. The van der Waals surface area contributed by atoms with E-state index < -0.39 is 0 Å². The van der Waals surface area contributed by atoms with Crippen LogP contribution in [-0.2, 0) is 0 Å². The quantitative estimate of drug-likeness (QED) is 0.533. The van der Waals surface area contributed by atoms with E-state index in [0.717, 1.165) is 15.6 Å². The van der Waals surface area contributed by atoms with Crippen molar-refractivity contribution in [3.8, 4) is 11.5 Å². The highest BCUT2D eigenvalue weighted by molar-refractivity contribution is 9.10. The van der Waals surface area contributed by atoms with Gasteiger partial charge in [-0.2, -0.15) is 0 Å². The minimum absolute atomic E-state index is 0.510. The van der Waals surface area contributed by atoms with Gasteiger partial charge in [0.05, 0.1) is 18.2 Å². The van der Waals surface area contributed by atoms with Crippen LogP contribution in [0.4, 0.5) is 0 Å². The molecule has 4 nitrogen and oxygen atoms in total. The SMILES string of the molecule is CCOc1c(Br)cc(C=Cc2nc3cc(Cl)ccc3o2)cc1OC. The van der Waals surface area contributed by atoms with E-state index in [2.05, 4.69) is 20.9 Å². The first-order valence-corrected chi connectivity index (χ1v) is 8.52. The molecule has 0 saturated carbocycles. The maximum Gasteiger partial charge on any atom is 0.220 e. The Morgan fingerprint density at radius 2 is 2.08 bits per heavy atom. The number of aromatic nitrogens is 1. The van der Waals surface area contributed by atoms with Gasteiger partial charge in [-0.15, -0.1) is 0 Å². The molecule has 0 N–H and O–H groups in total. The summed E-state index contributed by atoms with van der Waals surface area (Å²) in [6, 6.07) is 9.19. The number of oxazole rings is 1. The molecule has 0 aliphatic carbocycles. The Morgan fingerprint density at radius 1 is 1.25 bits per heavy atom. The highest BCUT2D eigenvalue weighted by Crippen LogP contribution is 2.37. The fourth-order valence-corrected chi connectivity index (χ4v) is 3.02. The van der Waals surface area contributed by atoms with Crippen molar-refractivity contribution in [2.45, 2.75) is 6.92 Å². The topological polar surface area (TPSA) is 44.5 Å². The van der Waals surface area contributed by atoms with Gasteiger partial charge in [0.25, 0.3) is 0 Å². The number of rotatable bonds is 5. The molecule has 6 heteroatoms. The van der Waals surface area contributed by atoms with Crippen LogP contribution in [0.2, 0.25) is 5.02 Å². The average Bonchev–Trinajstić information content (AvgIpc) is 2.97. The fourth-order valence-electron chi connectivity index (χ4n) is 2.28. The van der Waals surface area contributed by atoms with E-state index in [0.29, 0.717) is 34.6 Å². The number of benzene rings is 2. The zero-order chi connectivity index (χ0) is 17.1. The third kappa shape index (κ3) is 3.57. The van der Waals surface area contributed by atoms with E-state index in [1.165, 1.54) is 0 Å². The zero-order valence-electron chi connectivity index (χ0n) is 13.2. The highest BCUT2D eigenvalue weighted by atomic mass is 79.9. The van der Waals surface area contributed by atoms with Gasteiger partial charge in [-0.05, 0) is 64.8 Å². The lowest BCUT2D eigenvalue weighted by Gasteiger charge is -2.12. The first kappa shape index (κ1) is 16.9. The molecule has 0 unspecified atom stereocenters. The summed E-state index contributed by atoms with van der Waals surface area (Å²) in [5.74, 6) is 1.86. The van der Waals surface area contributed by atoms with E-state index in [4.69, 9.17) is 25.5 Å². The number of fused-ring (bicyclic) bond motifs is 1. The molecule has 0 amide bonds. The van der Waals surface area contributed by atoms with Crippen LogP contribution in [0.3, 0.4) is 0 Å². The third-order valence-corrected chi connectivity index (χ3v) is 4.15. The molecule has 0 atom stereocenters. The van der Waals surface area contributed by atoms with Gasteiger partial charge in [0.1, 0.15) is 5.52 Å². The van der Waals surface area contributed by atoms with E-state index in [1.807, 2.05) is 25.1 Å². The molecule has 1 aromatic heterocycles. The lowest BCUT2D eigenvalue weighted by atomic mass is 10.2. The minimum atomic E-state index is 0.510. The predicted octanol–water partition coefficient (Wildman–Crippen LogP) is 5.82. The average molecular weight is 409 g/mol. The van der Waals surface area contributed by atoms with Crippen LogP contribution in [0.1, 0.15) is 18.4 Å². The summed E-state index contributed by atoms with van der Waals surface area (Å²) < 4.78 is 17.5. The number of nitrogens with zero attached hydrogens (tertiary/aromatic N) is 1. The fraction of sp³-hybridized carbons (Fsp3) is 0.167. The second-order valence-electron chi connectivity index (χ2n) is 4.96. The van der Waals surface area contributed by atoms with Crippen molar-refractivity contribution in [2.24, 2.45) is 0 Å². The van der Waals surface area contributed by atoms with Gasteiger partial charge >= 0.3 is 0 Å². The van der Waals surface area contributed by atoms with Crippen LogP contribution < -0.4 is 9.47 Å². The standard InChI is InChI=1S/C18H15BrClNO3/c1-3-23-18-13(19)8-11(9-16(18)22-2)4-7-17-21-14-10-12(20)5-6-15(14)24-17/h4-10H,3H2,1-2H3. The minimum Gasteiger partial charge on any atom is -0.493 e. The predicted molar refractivity (Wildman–Crippen MR) is 99.8 cm³/mol. The van der Waals surface area contributed by atoms with Crippen LogP contribution in [-0.4, -0.2) is 18.7 Å². The number of methoxy groups -OCH3 is 1. The summed E-state index contributed by atoms with van der Waals surface area (Å²) in [7, 11) is 1.61. The smallest absolute Gasteiger partial charge is 0.220 e. The van der Waals surface area contributed by atoms with Crippen molar-refractivity contribution < 1.29 is 13.9 Å². The van der Waals surface area contributed by atoms with Crippen LogP contribution in [0, 0.1) is 0 Å². The van der Waals surface area contributed by atoms with Crippen LogP contribution >= 0.6 is 27.5 Å². The normalized spacial score (nSPS) is 11.3. The Morgan fingerprint density at radius 3 is 2.83 bits per heavy atom. The molecule has 0 fully saturated rings. The second kappa shape index (κ2) is 7.28. The Balaban J connectivity index is 1.91. The van der Waals surface area contributed by atoms with E-state index in [-0.39, 0.29) is 0 Å². The van der Waals surface area contributed by atoms with Gasteiger partial charge < -0.3 is 13.9 Å². The molecule has 0 bridgehead atoms. The van der Waals surface area contributed by atoms with Crippen molar-refractivity contribution >= 4 is 50.8 Å². The first-order valence-electron chi connectivity index (χ1n) is 7.35. The molecule has 24 heavy (non-hydrogen) atoms. The lowest BCUT2D eigenvalue weighted by molar-refractivity contribution is 0.309. The van der Waals surface area contributed by atoms with E-state index in [1.54, 1.807) is 31.4 Å². The summed E-state index contributed by atoms with van der Waals surface area (Å²) in [5, 5.41) is 0.631. The molecule has 2 aromatic carbocycles. The van der Waals surface area contributed by atoms with Crippen molar-refractivity contribution in [3.05, 3.63) is 51.3 Å². The maximum atomic E-state index is 5.96. The van der Waals surface area contributed by atoms with Crippen LogP contribution in [0.5, 0.6) is 11.5 Å². The van der Waals surface area contributed by atoms with Gasteiger partial charge in [0.15, 0.2) is 17.1 Å². The van der Waals surface area contributed by atoms with Gasteiger partial charge in [0.2, 0.25) is 5.89 Å². The Hall–Kier alpha value is -1.98. The number of halogens is 2. The number of hydrogen-bond donors (Lipinski definition) is 0. The van der Waals surface area contributed by atoms with Crippen molar-refractivity contribution in [1.29, 1.82) is 0 Å². The van der Waals surface area contributed by atoms with Crippen LogP contribution in [0.15, 0.2) is 39.2 Å². The largest absolute Gasteiger partial charge is 0.493 e. The van der Waals surface area contributed by atoms with Crippen molar-refractivity contribution in [1.82, 2.24) is 4.98 Å². The summed E-state index contributed by atoms with van der Waals surface area (Å²) in [4.78, 5) is 4.40. The summed E-state index contributed by atoms with van der Waals surface area (Å²) in [5.41, 5.74) is 2.36. The molecule has 0 radical (unpaired) electrons. The molecule has 0 aliphatic heterocycles. The van der Waals surface area contributed by atoms with E-state index >= 15 is 0 Å². The van der Waals surface area contributed by atoms with Gasteiger partial charge in [-0.1, -0.05) is 11.6 Å². The Bertz CT molecular complexity index is 905. The zero-order valence-corrected chi connectivity index (χ0v) is 15.5.